The highest BCUT2D eigenvalue weighted by molar-refractivity contribution is 5.77. The fraction of sp³-hybridized carbons (Fsp3) is 0.231. The number of methoxy groups -OCH3 is 1. The van der Waals surface area contributed by atoms with E-state index in [4.69, 9.17) is 9.15 Å². The molecule has 2 heteroatoms. The van der Waals surface area contributed by atoms with Crippen LogP contribution in [0.25, 0.3) is 11.0 Å². The first-order valence-electron chi connectivity index (χ1n) is 4.97. The molecule has 0 aliphatic carbocycles. The zero-order chi connectivity index (χ0) is 10.7. The van der Waals surface area contributed by atoms with Crippen molar-refractivity contribution in [3.8, 4) is 0 Å². The van der Waals surface area contributed by atoms with E-state index in [0.29, 0.717) is 0 Å². The van der Waals surface area contributed by atoms with E-state index in [2.05, 4.69) is 6.58 Å². The summed E-state index contributed by atoms with van der Waals surface area (Å²) in [6.45, 7) is 3.71. The summed E-state index contributed by atoms with van der Waals surface area (Å²) >= 11 is 0. The minimum atomic E-state index is -0.0325. The fourth-order valence-corrected chi connectivity index (χ4v) is 1.64. The van der Waals surface area contributed by atoms with Crippen molar-refractivity contribution in [2.24, 2.45) is 0 Å². The van der Waals surface area contributed by atoms with Gasteiger partial charge in [0.2, 0.25) is 0 Å². The molecule has 1 atom stereocenters. The summed E-state index contributed by atoms with van der Waals surface area (Å²) in [6.07, 6.45) is 2.56. The molecule has 0 saturated carbocycles. The number of furan rings is 1. The second kappa shape index (κ2) is 4.32. The summed E-state index contributed by atoms with van der Waals surface area (Å²) in [5.74, 6) is 0.860. The Morgan fingerprint density at radius 1 is 1.47 bits per heavy atom. The van der Waals surface area contributed by atoms with Crippen LogP contribution >= 0.6 is 0 Å². The third kappa shape index (κ3) is 1.95. The van der Waals surface area contributed by atoms with Crippen molar-refractivity contribution < 1.29 is 9.15 Å². The van der Waals surface area contributed by atoms with Gasteiger partial charge in [0.25, 0.3) is 0 Å². The maximum atomic E-state index is 5.70. The van der Waals surface area contributed by atoms with Crippen LogP contribution in [0, 0.1) is 0 Å². The SMILES string of the molecule is C=CC[C@H](OC)c1cc2ccccc2o1. The highest BCUT2D eigenvalue weighted by Gasteiger charge is 2.13. The van der Waals surface area contributed by atoms with Crippen molar-refractivity contribution >= 4 is 11.0 Å². The van der Waals surface area contributed by atoms with Gasteiger partial charge in [-0.3, -0.25) is 0 Å². The summed E-state index contributed by atoms with van der Waals surface area (Å²) in [4.78, 5) is 0. The van der Waals surface area contributed by atoms with Gasteiger partial charge in [0, 0.05) is 12.5 Å². The van der Waals surface area contributed by atoms with Gasteiger partial charge in [-0.25, -0.2) is 0 Å². The third-order valence-electron chi connectivity index (χ3n) is 2.43. The first-order valence-corrected chi connectivity index (χ1v) is 4.97. The van der Waals surface area contributed by atoms with Crippen LogP contribution in [-0.4, -0.2) is 7.11 Å². The maximum Gasteiger partial charge on any atom is 0.134 e. The lowest BCUT2D eigenvalue weighted by atomic mass is 10.2. The van der Waals surface area contributed by atoms with Crippen LogP contribution in [-0.2, 0) is 4.74 Å². The average Bonchev–Trinajstić information content (AvgIpc) is 2.69. The highest BCUT2D eigenvalue weighted by atomic mass is 16.5. The summed E-state index contributed by atoms with van der Waals surface area (Å²) in [6, 6.07) is 9.97. The summed E-state index contributed by atoms with van der Waals surface area (Å²) in [5, 5.41) is 1.11. The molecule has 0 fully saturated rings. The number of hydrogen-bond donors (Lipinski definition) is 0. The van der Waals surface area contributed by atoms with E-state index in [9.17, 15) is 0 Å². The van der Waals surface area contributed by atoms with Crippen molar-refractivity contribution in [3.05, 3.63) is 48.7 Å². The van der Waals surface area contributed by atoms with Crippen LogP contribution < -0.4 is 0 Å². The predicted molar refractivity (Wildman–Crippen MR) is 60.8 cm³/mol. The van der Waals surface area contributed by atoms with Gasteiger partial charge in [-0.15, -0.1) is 6.58 Å². The number of para-hydroxylation sites is 1. The topological polar surface area (TPSA) is 22.4 Å². The number of hydrogen-bond acceptors (Lipinski definition) is 2. The maximum absolute atomic E-state index is 5.70. The van der Waals surface area contributed by atoms with E-state index >= 15 is 0 Å². The van der Waals surface area contributed by atoms with E-state index in [0.717, 1.165) is 23.2 Å². The Labute approximate surface area is 89.2 Å². The van der Waals surface area contributed by atoms with E-state index in [1.54, 1.807) is 7.11 Å². The molecule has 0 aliphatic rings. The Morgan fingerprint density at radius 3 is 2.93 bits per heavy atom. The lowest BCUT2D eigenvalue weighted by Gasteiger charge is -2.08. The van der Waals surface area contributed by atoms with E-state index in [-0.39, 0.29) is 6.10 Å². The summed E-state index contributed by atoms with van der Waals surface area (Å²) in [5.41, 5.74) is 0.901. The third-order valence-corrected chi connectivity index (χ3v) is 2.43. The molecular formula is C13H14O2. The Bertz CT molecular complexity index is 423. The van der Waals surface area contributed by atoms with Gasteiger partial charge in [0.15, 0.2) is 0 Å². The molecule has 2 rings (SSSR count). The molecule has 0 N–H and O–H groups in total. The molecule has 0 aliphatic heterocycles. The van der Waals surface area contributed by atoms with Crippen LogP contribution in [0.2, 0.25) is 0 Å². The van der Waals surface area contributed by atoms with Gasteiger partial charge < -0.3 is 9.15 Å². The molecule has 1 aromatic carbocycles. The Kier molecular flexibility index (Phi) is 2.88. The zero-order valence-corrected chi connectivity index (χ0v) is 8.77. The number of benzene rings is 1. The standard InChI is InChI=1S/C13H14O2/c1-3-6-12(14-2)13-9-10-7-4-5-8-11(10)15-13/h3-5,7-9,12H,1,6H2,2H3/t12-/m0/s1. The minimum absolute atomic E-state index is 0.0325. The molecule has 2 nitrogen and oxygen atoms in total. The molecule has 0 bridgehead atoms. The smallest absolute Gasteiger partial charge is 0.134 e. The Morgan fingerprint density at radius 2 is 2.27 bits per heavy atom. The van der Waals surface area contributed by atoms with E-state index < -0.39 is 0 Å². The lowest BCUT2D eigenvalue weighted by molar-refractivity contribution is 0.0880. The molecule has 0 spiro atoms. The van der Waals surface area contributed by atoms with Gasteiger partial charge in [-0.1, -0.05) is 24.3 Å². The van der Waals surface area contributed by atoms with Crippen LogP contribution in [0.3, 0.4) is 0 Å². The largest absolute Gasteiger partial charge is 0.458 e. The molecular weight excluding hydrogens is 188 g/mol. The van der Waals surface area contributed by atoms with Gasteiger partial charge in [-0.05, 0) is 18.6 Å². The molecule has 0 unspecified atom stereocenters. The van der Waals surface area contributed by atoms with Crippen LogP contribution in [0.4, 0.5) is 0 Å². The minimum Gasteiger partial charge on any atom is -0.458 e. The fourth-order valence-electron chi connectivity index (χ4n) is 1.64. The molecule has 0 amide bonds. The molecule has 78 valence electrons. The van der Waals surface area contributed by atoms with Crippen molar-refractivity contribution in [2.75, 3.05) is 7.11 Å². The Hall–Kier alpha value is -1.54. The quantitative estimate of drug-likeness (QED) is 0.705. The lowest BCUT2D eigenvalue weighted by Crippen LogP contribution is -1.97. The molecule has 1 aromatic heterocycles. The number of rotatable bonds is 4. The molecule has 15 heavy (non-hydrogen) atoms. The van der Waals surface area contributed by atoms with Crippen molar-refractivity contribution in [2.45, 2.75) is 12.5 Å². The average molecular weight is 202 g/mol. The number of fused-ring (bicyclic) bond motifs is 1. The van der Waals surface area contributed by atoms with Gasteiger partial charge in [0.1, 0.15) is 17.4 Å². The molecule has 0 radical (unpaired) electrons. The zero-order valence-electron chi connectivity index (χ0n) is 8.77. The van der Waals surface area contributed by atoms with E-state index in [1.807, 2.05) is 36.4 Å². The highest BCUT2D eigenvalue weighted by Crippen LogP contribution is 2.27. The summed E-state index contributed by atoms with van der Waals surface area (Å²) < 4.78 is 11.0. The second-order valence-electron chi connectivity index (χ2n) is 3.44. The van der Waals surface area contributed by atoms with Crippen molar-refractivity contribution in [1.29, 1.82) is 0 Å². The van der Waals surface area contributed by atoms with Crippen molar-refractivity contribution in [1.82, 2.24) is 0 Å². The predicted octanol–water partition coefficient (Wildman–Crippen LogP) is 3.70. The van der Waals surface area contributed by atoms with Crippen molar-refractivity contribution in [3.63, 3.8) is 0 Å². The molecule has 0 saturated heterocycles. The monoisotopic (exact) mass is 202 g/mol. The molecule has 2 aromatic rings. The Balaban J connectivity index is 2.38. The normalized spacial score (nSPS) is 12.9. The summed E-state index contributed by atoms with van der Waals surface area (Å²) in [7, 11) is 1.68. The van der Waals surface area contributed by atoms with Gasteiger partial charge in [0.05, 0.1) is 0 Å². The second-order valence-corrected chi connectivity index (χ2v) is 3.44. The van der Waals surface area contributed by atoms with Gasteiger partial charge >= 0.3 is 0 Å². The van der Waals surface area contributed by atoms with Crippen LogP contribution in [0.1, 0.15) is 18.3 Å². The number of ether oxygens (including phenoxy) is 1. The van der Waals surface area contributed by atoms with Crippen LogP contribution in [0.5, 0.6) is 0 Å². The van der Waals surface area contributed by atoms with E-state index in [1.165, 1.54) is 0 Å². The van der Waals surface area contributed by atoms with Crippen LogP contribution in [0.15, 0.2) is 47.4 Å². The first kappa shape index (κ1) is 9.99. The van der Waals surface area contributed by atoms with Gasteiger partial charge in [-0.2, -0.15) is 0 Å². The molecule has 1 heterocycles. The first-order chi connectivity index (χ1) is 7.35.